The molecule has 0 aliphatic carbocycles. The number of fused-ring (bicyclic) bond motifs is 1. The summed E-state index contributed by atoms with van der Waals surface area (Å²) in [5.74, 6) is -0.715. The van der Waals surface area contributed by atoms with E-state index in [0.29, 0.717) is 0 Å². The normalized spacial score (nSPS) is 47.8. The fourth-order valence-electron chi connectivity index (χ4n) is 2.00. The van der Waals surface area contributed by atoms with Crippen LogP contribution in [-0.2, 0) is 14.2 Å². The van der Waals surface area contributed by atoms with Crippen LogP contribution >= 0.6 is 0 Å². The molecule has 0 bridgehead atoms. The smallest absolute Gasteiger partial charge is 0.184 e. The second-order valence-electron chi connectivity index (χ2n) is 4.30. The van der Waals surface area contributed by atoms with Crippen molar-refractivity contribution >= 4 is 0 Å². The van der Waals surface area contributed by atoms with Gasteiger partial charge in [0, 0.05) is 0 Å². The molecule has 2 rings (SSSR count). The maximum Gasteiger partial charge on any atom is 0.184 e. The van der Waals surface area contributed by atoms with Crippen LogP contribution in [0.4, 0.5) is 0 Å². The topological polar surface area (TPSA) is 68.2 Å². The van der Waals surface area contributed by atoms with Crippen LogP contribution < -0.4 is 0 Å². The monoisotopic (exact) mass is 204 g/mol. The lowest BCUT2D eigenvalue weighted by Crippen LogP contribution is -2.36. The standard InChI is InChI=1S/C9H16O5/c1-4(10)5-6-7(8(11)12-5)14-9(2,3)13-6/h4-8,10-11H,1-3H3/t4-,5+,6+,7-,8+/m0/s1. The zero-order valence-corrected chi connectivity index (χ0v) is 8.51. The zero-order valence-electron chi connectivity index (χ0n) is 8.51. The van der Waals surface area contributed by atoms with E-state index in [1.165, 1.54) is 0 Å². The van der Waals surface area contributed by atoms with Crippen LogP contribution in [0.3, 0.4) is 0 Å². The molecule has 2 aliphatic heterocycles. The molecule has 5 nitrogen and oxygen atoms in total. The van der Waals surface area contributed by atoms with E-state index in [0.717, 1.165) is 0 Å². The summed E-state index contributed by atoms with van der Waals surface area (Å²) in [6.45, 7) is 5.16. The minimum atomic E-state index is -1.01. The Morgan fingerprint density at radius 3 is 2.36 bits per heavy atom. The maximum atomic E-state index is 9.51. The lowest BCUT2D eigenvalue weighted by molar-refractivity contribution is -0.229. The SMILES string of the molecule is C[C@H](O)[C@H]1O[C@@H](O)[C@H]2OC(C)(C)O[C@H]12. The largest absolute Gasteiger partial charge is 0.391 e. The van der Waals surface area contributed by atoms with Crippen molar-refractivity contribution in [2.45, 2.75) is 57.3 Å². The molecular weight excluding hydrogens is 188 g/mol. The quantitative estimate of drug-likeness (QED) is 0.608. The molecule has 0 aromatic heterocycles. The van der Waals surface area contributed by atoms with Gasteiger partial charge < -0.3 is 24.4 Å². The van der Waals surface area contributed by atoms with E-state index >= 15 is 0 Å². The van der Waals surface area contributed by atoms with Crippen LogP contribution in [0.15, 0.2) is 0 Å². The Hall–Kier alpha value is -0.200. The van der Waals surface area contributed by atoms with Gasteiger partial charge in [0.1, 0.15) is 18.3 Å². The minimum Gasteiger partial charge on any atom is -0.391 e. The molecule has 0 amide bonds. The predicted molar refractivity (Wildman–Crippen MR) is 46.4 cm³/mol. The third-order valence-electron chi connectivity index (χ3n) is 2.54. The molecule has 0 unspecified atom stereocenters. The summed E-state index contributed by atoms with van der Waals surface area (Å²) >= 11 is 0. The van der Waals surface area contributed by atoms with Crippen LogP contribution in [0, 0.1) is 0 Å². The van der Waals surface area contributed by atoms with Crippen molar-refractivity contribution < 1.29 is 24.4 Å². The van der Waals surface area contributed by atoms with E-state index in [9.17, 15) is 10.2 Å². The molecule has 5 heteroatoms. The highest BCUT2D eigenvalue weighted by Gasteiger charge is 2.55. The van der Waals surface area contributed by atoms with E-state index < -0.39 is 30.4 Å². The summed E-state index contributed by atoms with van der Waals surface area (Å²) in [7, 11) is 0. The van der Waals surface area contributed by atoms with Crippen molar-refractivity contribution in [2.75, 3.05) is 0 Å². The van der Waals surface area contributed by atoms with Crippen molar-refractivity contribution in [3.05, 3.63) is 0 Å². The second-order valence-corrected chi connectivity index (χ2v) is 4.30. The molecule has 82 valence electrons. The summed E-state index contributed by atoms with van der Waals surface area (Å²) in [4.78, 5) is 0. The fraction of sp³-hybridized carbons (Fsp3) is 1.00. The number of hydrogen-bond acceptors (Lipinski definition) is 5. The van der Waals surface area contributed by atoms with Gasteiger partial charge in [0.15, 0.2) is 12.1 Å². The van der Waals surface area contributed by atoms with Gasteiger partial charge in [0.05, 0.1) is 6.10 Å². The molecule has 2 N–H and O–H groups in total. The first-order valence-corrected chi connectivity index (χ1v) is 4.78. The highest BCUT2D eigenvalue weighted by atomic mass is 16.8. The first kappa shape index (κ1) is 10.3. The highest BCUT2D eigenvalue weighted by Crippen LogP contribution is 2.38. The molecule has 0 aromatic carbocycles. The number of rotatable bonds is 1. The van der Waals surface area contributed by atoms with Crippen LogP contribution in [0.5, 0.6) is 0 Å². The van der Waals surface area contributed by atoms with E-state index in [-0.39, 0.29) is 6.10 Å². The molecule has 14 heavy (non-hydrogen) atoms. The molecule has 2 heterocycles. The Morgan fingerprint density at radius 2 is 1.79 bits per heavy atom. The predicted octanol–water partition coefficient (Wildman–Crippen LogP) is -0.396. The lowest BCUT2D eigenvalue weighted by Gasteiger charge is -2.23. The molecule has 2 fully saturated rings. The summed E-state index contributed by atoms with van der Waals surface area (Å²) in [6, 6.07) is 0. The van der Waals surface area contributed by atoms with Crippen LogP contribution in [0.25, 0.3) is 0 Å². The van der Waals surface area contributed by atoms with E-state index in [1.807, 2.05) is 0 Å². The number of hydrogen-bond donors (Lipinski definition) is 2. The number of ether oxygens (including phenoxy) is 3. The summed E-state index contributed by atoms with van der Waals surface area (Å²) in [5.41, 5.74) is 0. The molecule has 2 saturated heterocycles. The maximum absolute atomic E-state index is 9.51. The van der Waals surface area contributed by atoms with E-state index in [4.69, 9.17) is 14.2 Å². The van der Waals surface area contributed by atoms with Crippen molar-refractivity contribution in [1.82, 2.24) is 0 Å². The first-order chi connectivity index (χ1) is 6.41. The van der Waals surface area contributed by atoms with Gasteiger partial charge in [-0.15, -0.1) is 0 Å². The Balaban J connectivity index is 2.15. The zero-order chi connectivity index (χ0) is 10.5. The van der Waals surface area contributed by atoms with E-state index in [2.05, 4.69) is 0 Å². The highest BCUT2D eigenvalue weighted by molar-refractivity contribution is 4.96. The van der Waals surface area contributed by atoms with Gasteiger partial charge in [-0.1, -0.05) is 0 Å². The molecular formula is C9H16O5. The lowest BCUT2D eigenvalue weighted by atomic mass is 10.1. The number of aliphatic hydroxyl groups is 2. The average Bonchev–Trinajstić information content (AvgIpc) is 2.47. The fourth-order valence-corrected chi connectivity index (χ4v) is 2.00. The summed E-state index contributed by atoms with van der Waals surface area (Å²) in [6.07, 6.45) is -3.10. The molecule has 0 aromatic rings. The summed E-state index contributed by atoms with van der Waals surface area (Å²) < 4.78 is 16.1. The van der Waals surface area contributed by atoms with Gasteiger partial charge >= 0.3 is 0 Å². The summed E-state index contributed by atoms with van der Waals surface area (Å²) in [5, 5.41) is 18.9. The van der Waals surface area contributed by atoms with Crippen molar-refractivity contribution in [3.8, 4) is 0 Å². The Bertz CT molecular complexity index is 225. The Morgan fingerprint density at radius 1 is 1.21 bits per heavy atom. The second kappa shape index (κ2) is 3.15. The van der Waals surface area contributed by atoms with Gasteiger partial charge in [-0.2, -0.15) is 0 Å². The minimum absolute atomic E-state index is 0.389. The molecule has 0 spiro atoms. The van der Waals surface area contributed by atoms with E-state index in [1.54, 1.807) is 20.8 Å². The first-order valence-electron chi connectivity index (χ1n) is 4.78. The van der Waals surface area contributed by atoms with Gasteiger partial charge in [0.25, 0.3) is 0 Å². The number of aliphatic hydroxyl groups excluding tert-OH is 2. The third kappa shape index (κ3) is 1.55. The van der Waals surface area contributed by atoms with Crippen LogP contribution in [0.2, 0.25) is 0 Å². The van der Waals surface area contributed by atoms with Gasteiger partial charge in [-0.05, 0) is 20.8 Å². The van der Waals surface area contributed by atoms with Crippen molar-refractivity contribution in [1.29, 1.82) is 0 Å². The molecule has 2 aliphatic rings. The van der Waals surface area contributed by atoms with Gasteiger partial charge in [-0.25, -0.2) is 0 Å². The van der Waals surface area contributed by atoms with Crippen molar-refractivity contribution in [3.63, 3.8) is 0 Å². The van der Waals surface area contributed by atoms with Crippen LogP contribution in [-0.4, -0.2) is 46.7 Å². The molecule has 0 saturated carbocycles. The van der Waals surface area contributed by atoms with Gasteiger partial charge in [0.2, 0.25) is 0 Å². The molecule has 5 atom stereocenters. The molecule has 0 radical (unpaired) electrons. The third-order valence-corrected chi connectivity index (χ3v) is 2.54. The Labute approximate surface area is 82.6 Å². The Kier molecular flexibility index (Phi) is 2.32. The van der Waals surface area contributed by atoms with Crippen molar-refractivity contribution in [2.24, 2.45) is 0 Å². The van der Waals surface area contributed by atoms with Gasteiger partial charge in [-0.3, -0.25) is 0 Å². The average molecular weight is 204 g/mol. The van der Waals surface area contributed by atoms with Crippen LogP contribution in [0.1, 0.15) is 20.8 Å².